The third kappa shape index (κ3) is 8.40. The molecule has 1 aliphatic heterocycles. The molecule has 7 rings (SSSR count). The number of aromatic nitrogens is 2. The lowest BCUT2D eigenvalue weighted by molar-refractivity contribution is 0.250. The molecular weight excluding hydrogens is 698 g/mol. The van der Waals surface area contributed by atoms with E-state index >= 15 is 0 Å². The quantitative estimate of drug-likeness (QED) is 0.0656. The Hall–Kier alpha value is -4.81. The molecule has 0 atom stereocenters. The molecule has 0 bridgehead atoms. The first kappa shape index (κ1) is 34.6. The molecule has 9 nitrogen and oxygen atoms in total. The molecule has 5 aromatic carbocycles. The molecule has 1 fully saturated rings. The third-order valence-corrected chi connectivity index (χ3v) is 11.5. The van der Waals surface area contributed by atoms with Gasteiger partial charge in [-0.2, -0.15) is 0 Å². The van der Waals surface area contributed by atoms with Gasteiger partial charge in [0.1, 0.15) is 6.33 Å². The smallest absolute Gasteiger partial charge is 0.263 e. The number of nitrogens with zero attached hydrogens (tertiary/aromatic N) is 4. The lowest BCUT2D eigenvalue weighted by atomic mass is 9.99. The third-order valence-electron chi connectivity index (χ3n) is 8.92. The molecule has 0 spiro atoms. The van der Waals surface area contributed by atoms with E-state index in [0.29, 0.717) is 28.8 Å². The predicted molar refractivity (Wildman–Crippen MR) is 211 cm³/mol. The molecule has 51 heavy (non-hydrogen) atoms. The van der Waals surface area contributed by atoms with Crippen LogP contribution in [0.5, 0.6) is 0 Å². The summed E-state index contributed by atoms with van der Waals surface area (Å²) >= 11 is 7.87. The normalized spacial score (nSPS) is 13.7. The van der Waals surface area contributed by atoms with Crippen molar-refractivity contribution >= 4 is 67.2 Å². The van der Waals surface area contributed by atoms with Crippen molar-refractivity contribution < 1.29 is 8.42 Å². The van der Waals surface area contributed by atoms with Crippen LogP contribution in [0.4, 0.5) is 22.9 Å². The minimum absolute atomic E-state index is 0.0567. The van der Waals surface area contributed by atoms with Crippen molar-refractivity contribution in [3.05, 3.63) is 132 Å². The monoisotopic (exact) mass is 735 g/mol. The molecule has 260 valence electrons. The van der Waals surface area contributed by atoms with Gasteiger partial charge in [0.2, 0.25) is 0 Å². The fourth-order valence-corrected chi connectivity index (χ4v) is 8.20. The van der Waals surface area contributed by atoms with Gasteiger partial charge in [-0.1, -0.05) is 66.2 Å². The zero-order valence-electron chi connectivity index (χ0n) is 27.9. The molecule has 4 N–H and O–H groups in total. The van der Waals surface area contributed by atoms with Gasteiger partial charge in [-0.15, -0.1) is 11.8 Å². The number of nitrogen functional groups attached to an aromatic ring is 1. The van der Waals surface area contributed by atoms with Crippen LogP contribution in [0.3, 0.4) is 0 Å². The second kappa shape index (κ2) is 15.6. The Morgan fingerprint density at radius 1 is 0.824 bits per heavy atom. The number of anilines is 4. The standard InChI is InChI=1S/C39H38ClN7O2S2/c40-30-12-10-28(11-13-30)34-9-5-4-6-29(34)26-46-19-21-47(22-20-46)31-14-16-35-38(24-31)43-27-44-39(35)45-51(48,49)33-15-17-37(36(41)25-33)42-18-23-50-32-7-2-1-3-8-32/h1-17,24-25,27,42H,18-23,26,41H2,(H,43,44,45). The van der Waals surface area contributed by atoms with Crippen LogP contribution in [-0.4, -0.2) is 61.8 Å². The molecule has 12 heteroatoms. The fraction of sp³-hybridized carbons (Fsp3) is 0.179. The van der Waals surface area contributed by atoms with Crippen LogP contribution >= 0.6 is 23.4 Å². The summed E-state index contributed by atoms with van der Waals surface area (Å²) < 4.78 is 29.6. The van der Waals surface area contributed by atoms with Crippen LogP contribution in [0.2, 0.25) is 5.02 Å². The SMILES string of the molecule is Nc1cc(S(=O)(=O)Nc2ncnc3cc(N4CCN(Cc5ccccc5-c5ccc(Cl)cc5)CC4)ccc23)ccc1NCCSc1ccccc1. The van der Waals surface area contributed by atoms with Crippen LogP contribution in [-0.2, 0) is 16.6 Å². The van der Waals surface area contributed by atoms with Crippen molar-refractivity contribution in [1.82, 2.24) is 14.9 Å². The Kier molecular flexibility index (Phi) is 10.6. The molecule has 0 aliphatic carbocycles. The van der Waals surface area contributed by atoms with Gasteiger partial charge in [0.25, 0.3) is 10.0 Å². The maximum atomic E-state index is 13.4. The number of sulfonamides is 1. The van der Waals surface area contributed by atoms with Crippen molar-refractivity contribution in [2.45, 2.75) is 16.3 Å². The van der Waals surface area contributed by atoms with E-state index < -0.39 is 10.0 Å². The second-order valence-electron chi connectivity index (χ2n) is 12.3. The van der Waals surface area contributed by atoms with Gasteiger partial charge < -0.3 is 16.0 Å². The number of piperazine rings is 1. The molecule has 0 radical (unpaired) electrons. The second-order valence-corrected chi connectivity index (χ2v) is 15.6. The highest BCUT2D eigenvalue weighted by molar-refractivity contribution is 7.99. The van der Waals surface area contributed by atoms with E-state index in [2.05, 4.69) is 78.3 Å². The lowest BCUT2D eigenvalue weighted by Gasteiger charge is -2.36. The van der Waals surface area contributed by atoms with E-state index in [0.717, 1.165) is 54.8 Å². The zero-order chi connectivity index (χ0) is 35.2. The first-order chi connectivity index (χ1) is 24.8. The topological polar surface area (TPSA) is 116 Å². The Bertz CT molecular complexity index is 2230. The van der Waals surface area contributed by atoms with Crippen LogP contribution in [0.1, 0.15) is 5.56 Å². The molecule has 0 amide bonds. The van der Waals surface area contributed by atoms with Crippen molar-refractivity contribution in [2.24, 2.45) is 0 Å². The van der Waals surface area contributed by atoms with Crippen LogP contribution in [0, 0.1) is 0 Å². The Labute approximate surface area is 307 Å². The van der Waals surface area contributed by atoms with Crippen LogP contribution in [0.25, 0.3) is 22.0 Å². The number of hydrogen-bond acceptors (Lipinski definition) is 9. The van der Waals surface area contributed by atoms with Gasteiger partial charge in [-0.05, 0) is 77.4 Å². The summed E-state index contributed by atoms with van der Waals surface area (Å²) in [6, 6.07) is 37.3. The van der Waals surface area contributed by atoms with Crippen molar-refractivity contribution in [2.75, 3.05) is 59.1 Å². The average molecular weight is 736 g/mol. The van der Waals surface area contributed by atoms with Gasteiger partial charge in [-0.3, -0.25) is 9.62 Å². The van der Waals surface area contributed by atoms with E-state index in [1.807, 2.05) is 48.5 Å². The van der Waals surface area contributed by atoms with Crippen LogP contribution < -0.4 is 20.7 Å². The van der Waals surface area contributed by atoms with Gasteiger partial charge in [-0.25, -0.2) is 18.4 Å². The summed E-state index contributed by atoms with van der Waals surface area (Å²) in [5, 5.41) is 4.65. The summed E-state index contributed by atoms with van der Waals surface area (Å²) in [6.07, 6.45) is 1.38. The number of thioether (sulfide) groups is 1. The maximum absolute atomic E-state index is 13.4. The number of fused-ring (bicyclic) bond motifs is 1. The zero-order valence-corrected chi connectivity index (χ0v) is 30.3. The van der Waals surface area contributed by atoms with Crippen LogP contribution in [0.15, 0.2) is 131 Å². The summed E-state index contributed by atoms with van der Waals surface area (Å²) in [6.45, 7) is 5.07. The Balaban J connectivity index is 0.973. The van der Waals surface area contributed by atoms with Crippen molar-refractivity contribution in [1.29, 1.82) is 0 Å². The molecule has 0 unspecified atom stereocenters. The summed E-state index contributed by atoms with van der Waals surface area (Å²) in [4.78, 5) is 14.8. The van der Waals surface area contributed by atoms with E-state index in [1.165, 1.54) is 28.4 Å². The van der Waals surface area contributed by atoms with Gasteiger partial charge in [0.05, 0.1) is 21.8 Å². The van der Waals surface area contributed by atoms with E-state index in [4.69, 9.17) is 17.3 Å². The van der Waals surface area contributed by atoms with E-state index in [9.17, 15) is 8.42 Å². The number of hydrogen-bond donors (Lipinski definition) is 3. The molecule has 0 saturated carbocycles. The summed E-state index contributed by atoms with van der Waals surface area (Å²) in [5.41, 5.74) is 12.7. The molecule has 1 aromatic heterocycles. The Morgan fingerprint density at radius 2 is 1.59 bits per heavy atom. The van der Waals surface area contributed by atoms with E-state index in [-0.39, 0.29) is 10.7 Å². The average Bonchev–Trinajstić information content (AvgIpc) is 3.15. The first-order valence-corrected chi connectivity index (χ1v) is 19.6. The predicted octanol–water partition coefficient (Wildman–Crippen LogP) is 7.86. The molecule has 2 heterocycles. The highest BCUT2D eigenvalue weighted by Gasteiger charge is 2.21. The molecule has 1 saturated heterocycles. The number of rotatable bonds is 12. The summed E-state index contributed by atoms with van der Waals surface area (Å²) in [5.74, 6) is 1.05. The highest BCUT2D eigenvalue weighted by atomic mass is 35.5. The number of nitrogens with one attached hydrogen (secondary N) is 2. The number of halogens is 1. The number of benzene rings is 5. The van der Waals surface area contributed by atoms with Crippen molar-refractivity contribution in [3.8, 4) is 11.1 Å². The van der Waals surface area contributed by atoms with Crippen molar-refractivity contribution in [3.63, 3.8) is 0 Å². The van der Waals surface area contributed by atoms with Gasteiger partial charge in [0, 0.05) is 66.0 Å². The summed E-state index contributed by atoms with van der Waals surface area (Å²) in [7, 11) is -3.96. The highest BCUT2D eigenvalue weighted by Crippen LogP contribution is 2.30. The Morgan fingerprint density at radius 3 is 2.37 bits per heavy atom. The first-order valence-electron chi connectivity index (χ1n) is 16.7. The molecule has 1 aliphatic rings. The lowest BCUT2D eigenvalue weighted by Crippen LogP contribution is -2.46. The molecular formula is C39H38ClN7O2S2. The van der Waals surface area contributed by atoms with Gasteiger partial charge >= 0.3 is 0 Å². The van der Waals surface area contributed by atoms with Gasteiger partial charge in [0.15, 0.2) is 5.82 Å². The minimum Gasteiger partial charge on any atom is -0.397 e. The number of nitrogens with two attached hydrogens (primary N) is 1. The fourth-order valence-electron chi connectivity index (χ4n) is 6.22. The molecule has 6 aromatic rings. The maximum Gasteiger partial charge on any atom is 0.263 e. The van der Waals surface area contributed by atoms with E-state index in [1.54, 1.807) is 23.9 Å². The largest absolute Gasteiger partial charge is 0.397 e. The minimum atomic E-state index is -3.96.